The van der Waals surface area contributed by atoms with E-state index in [-0.39, 0.29) is 52.7 Å². The van der Waals surface area contributed by atoms with Crippen LogP contribution in [0.2, 0.25) is 0 Å². The predicted molar refractivity (Wildman–Crippen MR) is 117 cm³/mol. The molecule has 1 rings (SSSR count). The van der Waals surface area contributed by atoms with Crippen LogP contribution >= 0.6 is 47.4 Å². The van der Waals surface area contributed by atoms with Crippen LogP contribution in [0.25, 0.3) is 10.4 Å². The molecule has 0 amide bonds. The van der Waals surface area contributed by atoms with Crippen LogP contribution in [0.4, 0.5) is 17.3 Å². The molecule has 0 spiro atoms. The minimum Gasteiger partial charge on any atom is -0.293 e. The molecule has 0 aromatic carbocycles. The third-order valence-electron chi connectivity index (χ3n) is 2.89. The van der Waals surface area contributed by atoms with Gasteiger partial charge < -0.3 is 0 Å². The second kappa shape index (κ2) is 12.2. The summed E-state index contributed by atoms with van der Waals surface area (Å²) in [6.45, 7) is 7.05. The Hall–Kier alpha value is -0.680. The van der Waals surface area contributed by atoms with Crippen molar-refractivity contribution in [2.75, 3.05) is 36.6 Å². The molecule has 12 nitrogen and oxygen atoms in total. The number of rotatable bonds is 13. The lowest BCUT2D eigenvalue weighted by atomic mass is 10.4. The number of nitrogens with one attached hydrogen (secondary N) is 2. The molecule has 0 fully saturated rings. The molecular formula is C13H22Br2N6O6P2. The maximum atomic E-state index is 12.9. The Morgan fingerprint density at radius 1 is 0.931 bits per heavy atom. The fourth-order valence-electron chi connectivity index (χ4n) is 1.96. The molecule has 0 aliphatic rings. The Morgan fingerprint density at radius 3 is 1.79 bits per heavy atom. The van der Waals surface area contributed by atoms with Gasteiger partial charge in [0.25, 0.3) is 0 Å². The van der Waals surface area contributed by atoms with E-state index in [9.17, 15) is 9.13 Å². The van der Waals surface area contributed by atoms with Crippen LogP contribution in [0, 0.1) is 0 Å². The summed E-state index contributed by atoms with van der Waals surface area (Å²) < 4.78 is 47.0. The zero-order chi connectivity index (χ0) is 22.1. The summed E-state index contributed by atoms with van der Waals surface area (Å²) in [6, 6.07) is 0. The molecule has 0 aliphatic heterocycles. The van der Waals surface area contributed by atoms with Crippen molar-refractivity contribution in [3.05, 3.63) is 19.4 Å². The highest BCUT2D eigenvalue weighted by molar-refractivity contribution is 9.11. The second-order valence-corrected chi connectivity index (χ2v) is 9.92. The molecule has 29 heavy (non-hydrogen) atoms. The minimum absolute atomic E-state index is 0.0390. The molecular weight excluding hydrogens is 558 g/mol. The standard InChI is InChI=1S/C13H22Br2N6O6P2/c1-5-24-28(22,25-6-2)19-11-9(14)12(18-21-16)17-13(10(11)15)20-29(23,26-7-3)27-8-4/h5-8H2,1-4H3,(H2,17,19,20,22,23). The first-order chi connectivity index (χ1) is 13.7. The topological polar surface area (TPSA) is 157 Å². The van der Waals surface area contributed by atoms with Gasteiger partial charge in [-0.05, 0) is 70.2 Å². The molecule has 0 radical (unpaired) electrons. The van der Waals surface area contributed by atoms with Crippen LogP contribution in [0.3, 0.4) is 0 Å². The fourth-order valence-corrected chi connectivity index (χ4v) is 6.32. The number of hydrogen-bond donors (Lipinski definition) is 2. The Bertz CT molecular complexity index is 834. The Morgan fingerprint density at radius 2 is 1.38 bits per heavy atom. The summed E-state index contributed by atoms with van der Waals surface area (Å²) in [6.07, 6.45) is 0. The quantitative estimate of drug-likeness (QED) is 0.112. The molecule has 0 unspecified atom stereocenters. The Kier molecular flexibility index (Phi) is 11.1. The van der Waals surface area contributed by atoms with Crippen LogP contribution < -0.4 is 10.2 Å². The van der Waals surface area contributed by atoms with Gasteiger partial charge in [0.05, 0.1) is 41.1 Å². The van der Waals surface area contributed by atoms with E-state index in [1.54, 1.807) is 27.7 Å². The van der Waals surface area contributed by atoms with Crippen molar-refractivity contribution in [1.29, 1.82) is 0 Å². The van der Waals surface area contributed by atoms with E-state index in [0.29, 0.717) is 0 Å². The van der Waals surface area contributed by atoms with Gasteiger partial charge in [-0.1, -0.05) is 0 Å². The monoisotopic (exact) mass is 578 g/mol. The maximum absolute atomic E-state index is 12.9. The zero-order valence-corrected chi connectivity index (χ0v) is 21.2. The van der Waals surface area contributed by atoms with Gasteiger partial charge in [-0.2, -0.15) is 0 Å². The van der Waals surface area contributed by atoms with E-state index < -0.39 is 15.5 Å². The van der Waals surface area contributed by atoms with Crippen molar-refractivity contribution in [2.24, 2.45) is 5.11 Å². The van der Waals surface area contributed by atoms with Crippen molar-refractivity contribution >= 4 is 64.7 Å². The molecule has 0 saturated carbocycles. The fraction of sp³-hybridized carbons (Fsp3) is 0.615. The number of pyridine rings is 1. The van der Waals surface area contributed by atoms with E-state index in [4.69, 9.17) is 23.6 Å². The van der Waals surface area contributed by atoms with E-state index in [1.807, 2.05) is 0 Å². The first-order valence-corrected chi connectivity index (χ1v) is 13.1. The van der Waals surface area contributed by atoms with Crippen LogP contribution in [0.5, 0.6) is 0 Å². The summed E-state index contributed by atoms with van der Waals surface area (Å²) in [4.78, 5) is 6.84. The molecule has 0 atom stereocenters. The van der Waals surface area contributed by atoms with Crippen molar-refractivity contribution in [1.82, 2.24) is 4.98 Å². The van der Waals surface area contributed by atoms with Gasteiger partial charge in [-0.25, -0.2) is 14.1 Å². The minimum atomic E-state index is -3.77. The van der Waals surface area contributed by atoms with Gasteiger partial charge in [0, 0.05) is 4.91 Å². The molecule has 1 heterocycles. The van der Waals surface area contributed by atoms with E-state index >= 15 is 0 Å². The summed E-state index contributed by atoms with van der Waals surface area (Å²) in [7, 11) is -7.53. The number of aromatic nitrogens is 1. The van der Waals surface area contributed by atoms with Crippen molar-refractivity contribution in [2.45, 2.75) is 27.7 Å². The first-order valence-electron chi connectivity index (χ1n) is 8.47. The van der Waals surface area contributed by atoms with Gasteiger partial charge in [0.15, 0.2) is 5.82 Å². The lowest BCUT2D eigenvalue weighted by Crippen LogP contribution is -2.10. The number of hydrogen-bond acceptors (Lipinski definition) is 8. The largest absolute Gasteiger partial charge is 0.433 e. The van der Waals surface area contributed by atoms with Crippen LogP contribution in [0.1, 0.15) is 27.7 Å². The third kappa shape index (κ3) is 7.50. The lowest BCUT2D eigenvalue weighted by molar-refractivity contribution is 0.224. The number of anilines is 2. The van der Waals surface area contributed by atoms with Crippen molar-refractivity contribution < 1.29 is 27.2 Å². The number of nitrogens with zero attached hydrogens (tertiary/aromatic N) is 4. The highest BCUT2D eigenvalue weighted by atomic mass is 79.9. The summed E-state index contributed by atoms with van der Waals surface area (Å²) in [5.74, 6) is -0.164. The molecule has 0 saturated heterocycles. The normalized spacial score (nSPS) is 11.8. The SMILES string of the molecule is CCOP(=O)(Nc1nc(N=[N+]=[N-])c(Br)c(NP(=O)(OCC)OCC)c1Br)OCC. The molecule has 0 aliphatic carbocycles. The zero-order valence-electron chi connectivity index (χ0n) is 16.2. The Balaban J connectivity index is 3.55. The van der Waals surface area contributed by atoms with Crippen LogP contribution in [-0.4, -0.2) is 31.4 Å². The van der Waals surface area contributed by atoms with Gasteiger partial charge in [0.2, 0.25) is 0 Å². The van der Waals surface area contributed by atoms with Gasteiger partial charge >= 0.3 is 15.5 Å². The smallest absolute Gasteiger partial charge is 0.293 e. The third-order valence-corrected chi connectivity index (χ3v) is 7.79. The second-order valence-electron chi connectivity index (χ2n) is 4.87. The first kappa shape index (κ1) is 26.4. The van der Waals surface area contributed by atoms with Crippen LogP contribution in [-0.2, 0) is 27.2 Å². The summed E-state index contributed by atoms with van der Waals surface area (Å²) >= 11 is 6.56. The average molecular weight is 580 g/mol. The van der Waals surface area contributed by atoms with Crippen molar-refractivity contribution in [3.8, 4) is 0 Å². The molecule has 164 valence electrons. The Labute approximate surface area is 185 Å². The lowest BCUT2D eigenvalue weighted by Gasteiger charge is -2.23. The number of azide groups is 1. The van der Waals surface area contributed by atoms with Crippen LogP contribution in [0.15, 0.2) is 14.1 Å². The van der Waals surface area contributed by atoms with E-state index in [2.05, 4.69) is 57.0 Å². The highest BCUT2D eigenvalue weighted by Gasteiger charge is 2.31. The maximum Gasteiger partial charge on any atom is 0.433 e. The average Bonchev–Trinajstić information content (AvgIpc) is 2.63. The molecule has 1 aromatic heterocycles. The summed E-state index contributed by atoms with van der Waals surface area (Å²) in [5, 5.41) is 8.74. The van der Waals surface area contributed by atoms with Gasteiger partial charge in [-0.3, -0.25) is 28.3 Å². The summed E-state index contributed by atoms with van der Waals surface area (Å²) in [5.41, 5.74) is 8.97. The highest BCUT2D eigenvalue weighted by Crippen LogP contribution is 2.55. The predicted octanol–water partition coefficient (Wildman–Crippen LogP) is 6.73. The molecule has 0 bridgehead atoms. The van der Waals surface area contributed by atoms with Gasteiger partial charge in [-0.15, -0.1) is 0 Å². The van der Waals surface area contributed by atoms with Crippen molar-refractivity contribution in [3.63, 3.8) is 0 Å². The van der Waals surface area contributed by atoms with Gasteiger partial charge in [0.1, 0.15) is 5.82 Å². The molecule has 1 aromatic rings. The van der Waals surface area contributed by atoms with E-state index in [1.165, 1.54) is 0 Å². The van der Waals surface area contributed by atoms with E-state index in [0.717, 1.165) is 0 Å². The molecule has 2 N–H and O–H groups in total. The molecule has 16 heteroatoms. The number of halogens is 2.